The molecule has 2 atom stereocenters. The minimum absolute atomic E-state index is 0.106. The summed E-state index contributed by atoms with van der Waals surface area (Å²) < 4.78 is 0. The van der Waals surface area contributed by atoms with E-state index in [1.807, 2.05) is 55.5 Å². The van der Waals surface area contributed by atoms with E-state index in [1.54, 1.807) is 6.07 Å². The molecule has 2 rings (SSSR count). The van der Waals surface area contributed by atoms with Crippen LogP contribution in [0.3, 0.4) is 0 Å². The summed E-state index contributed by atoms with van der Waals surface area (Å²) in [4.78, 5) is 12.3. The normalized spacial score (nSPS) is 13.8. The molecule has 0 aliphatic heterocycles. The number of benzene rings is 2. The van der Waals surface area contributed by atoms with Crippen LogP contribution in [-0.2, 0) is 11.2 Å². The van der Waals surface area contributed by atoms with E-state index in [2.05, 4.69) is 0 Å². The molecule has 0 bridgehead atoms. The fourth-order valence-corrected chi connectivity index (χ4v) is 2.36. The Hall–Kier alpha value is -1.64. The van der Waals surface area contributed by atoms with Crippen LogP contribution in [-0.4, -0.2) is 5.78 Å². The molecule has 2 aromatic carbocycles. The van der Waals surface area contributed by atoms with Gasteiger partial charge in [0.2, 0.25) is 0 Å². The lowest BCUT2D eigenvalue weighted by molar-refractivity contribution is -0.122. The van der Waals surface area contributed by atoms with Gasteiger partial charge < -0.3 is 5.73 Å². The summed E-state index contributed by atoms with van der Waals surface area (Å²) in [5.41, 5.74) is 8.01. The van der Waals surface area contributed by atoms with Gasteiger partial charge in [-0.2, -0.15) is 0 Å². The quantitative estimate of drug-likeness (QED) is 0.909. The molecule has 0 heterocycles. The van der Waals surface area contributed by atoms with Crippen molar-refractivity contribution in [2.75, 3.05) is 0 Å². The number of hydrogen-bond donors (Lipinski definition) is 1. The van der Waals surface area contributed by atoms with Gasteiger partial charge in [-0.25, -0.2) is 0 Å². The first-order valence-electron chi connectivity index (χ1n) is 6.66. The van der Waals surface area contributed by atoms with Gasteiger partial charge in [-0.05, 0) is 17.2 Å². The lowest BCUT2D eigenvalue weighted by Crippen LogP contribution is -2.27. The lowest BCUT2D eigenvalue weighted by atomic mass is 9.89. The first-order chi connectivity index (χ1) is 9.59. The van der Waals surface area contributed by atoms with Gasteiger partial charge in [-0.1, -0.05) is 67.1 Å². The molecule has 2 nitrogen and oxygen atoms in total. The van der Waals surface area contributed by atoms with Crippen LogP contribution < -0.4 is 5.73 Å². The van der Waals surface area contributed by atoms with E-state index >= 15 is 0 Å². The molecule has 2 N–H and O–H groups in total. The van der Waals surface area contributed by atoms with Gasteiger partial charge in [0, 0.05) is 23.4 Å². The minimum Gasteiger partial charge on any atom is -0.323 e. The predicted octanol–water partition coefficient (Wildman–Crippen LogP) is 3.79. The van der Waals surface area contributed by atoms with Gasteiger partial charge in [-0.15, -0.1) is 0 Å². The molecule has 0 amide bonds. The molecule has 0 aliphatic rings. The molecule has 0 spiro atoms. The SMILES string of the molecule is CC(C(=O)Cc1ccccc1Cl)C(N)c1ccccc1. The lowest BCUT2D eigenvalue weighted by Gasteiger charge is -2.19. The zero-order valence-corrected chi connectivity index (χ0v) is 12.2. The number of Topliss-reactive ketones (excluding diaryl/α,β-unsaturated/α-hetero) is 1. The summed E-state index contributed by atoms with van der Waals surface area (Å²) in [6.07, 6.45) is 0.321. The van der Waals surface area contributed by atoms with E-state index in [0.29, 0.717) is 11.4 Å². The van der Waals surface area contributed by atoms with Crippen molar-refractivity contribution in [1.82, 2.24) is 0 Å². The third-order valence-electron chi connectivity index (χ3n) is 3.55. The molecule has 0 fully saturated rings. The number of hydrogen-bond acceptors (Lipinski definition) is 2. The van der Waals surface area contributed by atoms with E-state index < -0.39 is 0 Å². The van der Waals surface area contributed by atoms with Crippen LogP contribution in [0.15, 0.2) is 54.6 Å². The minimum atomic E-state index is -0.286. The number of carbonyl (C=O) groups excluding carboxylic acids is 1. The second kappa shape index (κ2) is 6.69. The van der Waals surface area contributed by atoms with Gasteiger partial charge in [0.15, 0.2) is 0 Å². The van der Waals surface area contributed by atoms with Gasteiger partial charge in [0.1, 0.15) is 5.78 Å². The third-order valence-corrected chi connectivity index (χ3v) is 3.92. The molecule has 3 heteroatoms. The predicted molar refractivity (Wildman–Crippen MR) is 82.7 cm³/mol. The highest BCUT2D eigenvalue weighted by Crippen LogP contribution is 2.23. The number of rotatable bonds is 5. The van der Waals surface area contributed by atoms with Gasteiger partial charge in [-0.3, -0.25) is 4.79 Å². The van der Waals surface area contributed by atoms with Crippen molar-refractivity contribution in [3.05, 3.63) is 70.7 Å². The fourth-order valence-electron chi connectivity index (χ4n) is 2.15. The maximum absolute atomic E-state index is 12.3. The Morgan fingerprint density at radius 3 is 2.35 bits per heavy atom. The zero-order valence-electron chi connectivity index (χ0n) is 11.4. The summed E-state index contributed by atoms with van der Waals surface area (Å²) >= 11 is 6.09. The summed E-state index contributed by atoms with van der Waals surface area (Å²) in [5, 5.41) is 0.626. The first-order valence-corrected chi connectivity index (χ1v) is 7.04. The molecule has 104 valence electrons. The summed E-state index contributed by atoms with van der Waals surface area (Å²) in [7, 11) is 0. The number of nitrogens with two attached hydrogens (primary N) is 1. The molecule has 0 aliphatic carbocycles. The molecule has 2 aromatic rings. The van der Waals surface area contributed by atoms with Crippen molar-refractivity contribution in [3.8, 4) is 0 Å². The number of halogens is 1. The van der Waals surface area contributed by atoms with Crippen molar-refractivity contribution in [3.63, 3.8) is 0 Å². The Balaban J connectivity index is 2.08. The topological polar surface area (TPSA) is 43.1 Å². The fraction of sp³-hybridized carbons (Fsp3) is 0.235. The molecule has 0 aromatic heterocycles. The highest BCUT2D eigenvalue weighted by Gasteiger charge is 2.22. The maximum atomic E-state index is 12.3. The van der Waals surface area contributed by atoms with Crippen LogP contribution in [0.25, 0.3) is 0 Å². The number of ketones is 1. The van der Waals surface area contributed by atoms with Crippen molar-refractivity contribution in [2.24, 2.45) is 11.7 Å². The second-order valence-corrected chi connectivity index (χ2v) is 5.37. The Kier molecular flexibility index (Phi) is 4.94. The Morgan fingerprint density at radius 2 is 1.70 bits per heavy atom. The van der Waals surface area contributed by atoms with Crippen molar-refractivity contribution < 1.29 is 4.79 Å². The zero-order chi connectivity index (χ0) is 14.5. The van der Waals surface area contributed by atoms with E-state index in [1.165, 1.54) is 0 Å². The van der Waals surface area contributed by atoms with Crippen LogP contribution >= 0.6 is 11.6 Å². The Morgan fingerprint density at radius 1 is 1.10 bits per heavy atom. The molecular formula is C17H18ClNO. The van der Waals surface area contributed by atoms with E-state index in [9.17, 15) is 4.79 Å². The van der Waals surface area contributed by atoms with Crippen LogP contribution in [0.4, 0.5) is 0 Å². The highest BCUT2D eigenvalue weighted by atomic mass is 35.5. The summed E-state index contributed by atoms with van der Waals surface area (Å²) in [5.74, 6) is -0.136. The average molecular weight is 288 g/mol. The van der Waals surface area contributed by atoms with E-state index in [4.69, 9.17) is 17.3 Å². The Labute approximate surface area is 124 Å². The van der Waals surface area contributed by atoms with Gasteiger partial charge in [0.25, 0.3) is 0 Å². The number of carbonyl (C=O) groups is 1. The summed E-state index contributed by atoms with van der Waals surface area (Å²) in [6.45, 7) is 1.87. The van der Waals surface area contributed by atoms with E-state index in [-0.39, 0.29) is 17.7 Å². The van der Waals surface area contributed by atoms with Crippen molar-refractivity contribution in [1.29, 1.82) is 0 Å². The second-order valence-electron chi connectivity index (χ2n) is 4.96. The van der Waals surface area contributed by atoms with Crippen LogP contribution in [0.5, 0.6) is 0 Å². The molecule has 20 heavy (non-hydrogen) atoms. The molecular weight excluding hydrogens is 270 g/mol. The van der Waals surface area contributed by atoms with Crippen LogP contribution in [0.1, 0.15) is 24.1 Å². The van der Waals surface area contributed by atoms with Crippen molar-refractivity contribution >= 4 is 17.4 Å². The molecule has 0 saturated heterocycles. The van der Waals surface area contributed by atoms with Crippen molar-refractivity contribution in [2.45, 2.75) is 19.4 Å². The largest absolute Gasteiger partial charge is 0.323 e. The van der Waals surface area contributed by atoms with Gasteiger partial charge in [0.05, 0.1) is 0 Å². The van der Waals surface area contributed by atoms with Crippen LogP contribution in [0.2, 0.25) is 5.02 Å². The Bertz CT molecular complexity index is 583. The smallest absolute Gasteiger partial charge is 0.142 e. The first kappa shape index (κ1) is 14.8. The molecule has 2 unspecified atom stereocenters. The average Bonchev–Trinajstić information content (AvgIpc) is 2.49. The summed E-state index contributed by atoms with van der Waals surface area (Å²) in [6, 6.07) is 16.8. The maximum Gasteiger partial charge on any atom is 0.142 e. The van der Waals surface area contributed by atoms with Gasteiger partial charge >= 0.3 is 0 Å². The van der Waals surface area contributed by atoms with Crippen LogP contribution in [0, 0.1) is 5.92 Å². The highest BCUT2D eigenvalue weighted by molar-refractivity contribution is 6.31. The molecule has 0 saturated carbocycles. The molecule has 0 radical (unpaired) electrons. The third kappa shape index (κ3) is 3.47. The standard InChI is InChI=1S/C17H18ClNO/c1-12(17(19)13-7-3-2-4-8-13)16(20)11-14-9-5-6-10-15(14)18/h2-10,12,17H,11,19H2,1H3. The monoisotopic (exact) mass is 287 g/mol. The van der Waals surface area contributed by atoms with E-state index in [0.717, 1.165) is 11.1 Å².